The van der Waals surface area contributed by atoms with E-state index < -0.39 is 12.0 Å². The van der Waals surface area contributed by atoms with Gasteiger partial charge in [-0.3, -0.25) is 0 Å². The summed E-state index contributed by atoms with van der Waals surface area (Å²) in [4.78, 5) is 11.4. The fourth-order valence-corrected chi connectivity index (χ4v) is 2.13. The molecule has 0 fully saturated rings. The highest BCUT2D eigenvalue weighted by atomic mass is 16.4. The lowest BCUT2D eigenvalue weighted by Gasteiger charge is -2.21. The summed E-state index contributed by atoms with van der Waals surface area (Å²) in [6.45, 7) is 8.01. The average molecular weight is 254 g/mol. The largest absolute Gasteiger partial charge is 0.480 e. The lowest BCUT2D eigenvalue weighted by Crippen LogP contribution is -2.28. The van der Waals surface area contributed by atoms with Crippen LogP contribution in [0.1, 0.15) is 64.7 Å². The molecule has 0 spiro atoms. The molecule has 2 atom stereocenters. The topological polar surface area (TPSA) is 80.9 Å². The third-order valence-corrected chi connectivity index (χ3v) is 3.57. The van der Waals surface area contributed by atoms with Crippen molar-refractivity contribution in [3.05, 3.63) is 5.82 Å². The number of carbonyl (C=O) groups is 1. The SMILES string of the molecule is CCC(CC)c1nnnn1C(C(=O)O)C(C)CC. The van der Waals surface area contributed by atoms with Crippen LogP contribution in [-0.2, 0) is 4.79 Å². The summed E-state index contributed by atoms with van der Waals surface area (Å²) in [6.07, 6.45) is 2.59. The van der Waals surface area contributed by atoms with Gasteiger partial charge in [0.1, 0.15) is 0 Å². The molecule has 0 saturated carbocycles. The summed E-state index contributed by atoms with van der Waals surface area (Å²) in [5.41, 5.74) is 0. The van der Waals surface area contributed by atoms with E-state index >= 15 is 0 Å². The maximum atomic E-state index is 11.4. The first-order valence-electron chi connectivity index (χ1n) is 6.57. The maximum Gasteiger partial charge on any atom is 0.328 e. The first kappa shape index (κ1) is 14.6. The van der Waals surface area contributed by atoms with Crippen LogP contribution in [0.4, 0.5) is 0 Å². The van der Waals surface area contributed by atoms with E-state index in [9.17, 15) is 9.90 Å². The minimum Gasteiger partial charge on any atom is -0.480 e. The molecule has 1 aromatic heterocycles. The number of carboxylic acids is 1. The first-order valence-corrected chi connectivity index (χ1v) is 6.57. The molecule has 0 aromatic carbocycles. The van der Waals surface area contributed by atoms with Crippen molar-refractivity contribution in [3.8, 4) is 0 Å². The Kier molecular flexibility index (Phi) is 5.25. The second-order valence-electron chi connectivity index (χ2n) is 4.66. The molecule has 102 valence electrons. The average Bonchev–Trinajstić information content (AvgIpc) is 2.79. The molecule has 0 bridgehead atoms. The quantitative estimate of drug-likeness (QED) is 0.807. The van der Waals surface area contributed by atoms with Crippen LogP contribution in [0.3, 0.4) is 0 Å². The summed E-state index contributed by atoms with van der Waals surface area (Å²) in [5, 5.41) is 21.0. The van der Waals surface area contributed by atoms with Crippen LogP contribution in [0, 0.1) is 5.92 Å². The second-order valence-corrected chi connectivity index (χ2v) is 4.66. The molecule has 18 heavy (non-hydrogen) atoms. The zero-order chi connectivity index (χ0) is 13.7. The smallest absolute Gasteiger partial charge is 0.328 e. The van der Waals surface area contributed by atoms with Gasteiger partial charge in [0.25, 0.3) is 0 Å². The fraction of sp³-hybridized carbons (Fsp3) is 0.833. The molecule has 6 nitrogen and oxygen atoms in total. The van der Waals surface area contributed by atoms with Crippen molar-refractivity contribution in [2.24, 2.45) is 5.92 Å². The van der Waals surface area contributed by atoms with Crippen LogP contribution in [0.15, 0.2) is 0 Å². The van der Waals surface area contributed by atoms with Crippen LogP contribution < -0.4 is 0 Å². The van der Waals surface area contributed by atoms with Gasteiger partial charge >= 0.3 is 5.97 Å². The normalized spacial score (nSPS) is 14.7. The van der Waals surface area contributed by atoms with Crippen molar-refractivity contribution in [1.82, 2.24) is 20.2 Å². The van der Waals surface area contributed by atoms with Crippen LogP contribution in [0.25, 0.3) is 0 Å². The first-order chi connectivity index (χ1) is 8.56. The van der Waals surface area contributed by atoms with E-state index in [-0.39, 0.29) is 11.8 Å². The van der Waals surface area contributed by atoms with E-state index in [0.717, 1.165) is 19.3 Å². The lowest BCUT2D eigenvalue weighted by atomic mass is 9.97. The van der Waals surface area contributed by atoms with Gasteiger partial charge in [-0.1, -0.05) is 34.1 Å². The summed E-state index contributed by atoms with van der Waals surface area (Å²) < 4.78 is 1.49. The summed E-state index contributed by atoms with van der Waals surface area (Å²) in [5.74, 6) is 0.0292. The van der Waals surface area contributed by atoms with Gasteiger partial charge in [0.2, 0.25) is 0 Å². The molecule has 2 unspecified atom stereocenters. The van der Waals surface area contributed by atoms with Gasteiger partial charge in [-0.05, 0) is 29.2 Å². The highest BCUT2D eigenvalue weighted by Gasteiger charge is 2.30. The molecule has 1 heterocycles. The number of rotatable bonds is 7. The Labute approximate surface area is 107 Å². The van der Waals surface area contributed by atoms with E-state index in [1.165, 1.54) is 4.68 Å². The Morgan fingerprint density at radius 2 is 1.89 bits per heavy atom. The molecule has 0 amide bonds. The molecule has 0 aliphatic carbocycles. The molecule has 0 radical (unpaired) electrons. The van der Waals surface area contributed by atoms with E-state index in [1.54, 1.807) is 0 Å². The van der Waals surface area contributed by atoms with E-state index in [0.29, 0.717) is 5.82 Å². The van der Waals surface area contributed by atoms with E-state index in [4.69, 9.17) is 0 Å². The molecule has 0 aliphatic rings. The van der Waals surface area contributed by atoms with Gasteiger partial charge in [-0.15, -0.1) is 5.10 Å². The molecule has 1 N–H and O–H groups in total. The van der Waals surface area contributed by atoms with Crippen LogP contribution in [0.2, 0.25) is 0 Å². The van der Waals surface area contributed by atoms with Gasteiger partial charge in [0.15, 0.2) is 11.9 Å². The standard InChI is InChI=1S/C12H22N4O2/c1-5-8(4)10(12(17)18)16-11(13-14-15-16)9(6-2)7-3/h8-10H,5-7H2,1-4H3,(H,17,18). The van der Waals surface area contributed by atoms with Crippen molar-refractivity contribution >= 4 is 5.97 Å². The lowest BCUT2D eigenvalue weighted by molar-refractivity contribution is -0.143. The number of tetrazole rings is 1. The second kappa shape index (κ2) is 6.47. The predicted molar refractivity (Wildman–Crippen MR) is 67.3 cm³/mol. The fourth-order valence-electron chi connectivity index (χ4n) is 2.13. The van der Waals surface area contributed by atoms with Gasteiger partial charge in [0.05, 0.1) is 0 Å². The predicted octanol–water partition coefficient (Wildman–Crippen LogP) is 2.25. The Bertz CT molecular complexity index is 387. The van der Waals surface area contributed by atoms with Crippen molar-refractivity contribution in [3.63, 3.8) is 0 Å². The van der Waals surface area contributed by atoms with Crippen LogP contribution in [0.5, 0.6) is 0 Å². The number of aliphatic carboxylic acids is 1. The highest BCUT2D eigenvalue weighted by Crippen LogP contribution is 2.27. The van der Waals surface area contributed by atoms with Crippen LogP contribution in [-0.4, -0.2) is 31.3 Å². The van der Waals surface area contributed by atoms with Gasteiger partial charge < -0.3 is 5.11 Å². The van der Waals surface area contributed by atoms with Crippen molar-refractivity contribution < 1.29 is 9.90 Å². The Hall–Kier alpha value is -1.46. The minimum absolute atomic E-state index is 0.000822. The molecular weight excluding hydrogens is 232 g/mol. The Morgan fingerprint density at radius 1 is 1.28 bits per heavy atom. The summed E-state index contributed by atoms with van der Waals surface area (Å²) in [6, 6.07) is -0.680. The third-order valence-electron chi connectivity index (χ3n) is 3.57. The Morgan fingerprint density at radius 3 is 2.33 bits per heavy atom. The molecule has 1 rings (SSSR count). The van der Waals surface area contributed by atoms with Crippen molar-refractivity contribution in [2.75, 3.05) is 0 Å². The summed E-state index contributed by atoms with van der Waals surface area (Å²) >= 11 is 0. The molecule has 0 saturated heterocycles. The van der Waals surface area contributed by atoms with Crippen molar-refractivity contribution in [1.29, 1.82) is 0 Å². The molecule has 1 aromatic rings. The number of aromatic nitrogens is 4. The van der Waals surface area contributed by atoms with Gasteiger partial charge in [0, 0.05) is 5.92 Å². The van der Waals surface area contributed by atoms with Crippen molar-refractivity contribution in [2.45, 2.75) is 58.9 Å². The van der Waals surface area contributed by atoms with Crippen LogP contribution >= 0.6 is 0 Å². The number of hydrogen-bond acceptors (Lipinski definition) is 4. The monoisotopic (exact) mass is 254 g/mol. The van der Waals surface area contributed by atoms with Gasteiger partial charge in [-0.25, -0.2) is 9.48 Å². The maximum absolute atomic E-state index is 11.4. The molecular formula is C12H22N4O2. The zero-order valence-corrected chi connectivity index (χ0v) is 11.5. The number of carboxylic acid groups (broad SMARTS) is 1. The molecule has 0 aliphatic heterocycles. The number of hydrogen-bond donors (Lipinski definition) is 1. The van der Waals surface area contributed by atoms with Gasteiger partial charge in [-0.2, -0.15) is 0 Å². The van der Waals surface area contributed by atoms with E-state index in [2.05, 4.69) is 29.4 Å². The number of nitrogens with zero attached hydrogens (tertiary/aromatic N) is 4. The minimum atomic E-state index is -0.871. The molecule has 6 heteroatoms. The highest BCUT2D eigenvalue weighted by molar-refractivity contribution is 5.72. The van der Waals surface area contributed by atoms with E-state index in [1.807, 2.05) is 13.8 Å². The third kappa shape index (κ3) is 2.86. The summed E-state index contributed by atoms with van der Waals surface area (Å²) in [7, 11) is 0. The zero-order valence-electron chi connectivity index (χ0n) is 11.5. The Balaban J connectivity index is 3.13.